The maximum absolute atomic E-state index is 12.0. The summed E-state index contributed by atoms with van der Waals surface area (Å²) in [6.07, 6.45) is 6.69. The Kier molecular flexibility index (Phi) is 5.95. The van der Waals surface area contributed by atoms with Crippen LogP contribution in [0.1, 0.15) is 28.8 Å². The predicted octanol–water partition coefficient (Wildman–Crippen LogP) is 2.90. The fourth-order valence-corrected chi connectivity index (χ4v) is 2.22. The van der Waals surface area contributed by atoms with Gasteiger partial charge in [0.05, 0.1) is 0 Å². The summed E-state index contributed by atoms with van der Waals surface area (Å²) in [6.45, 7) is 0.703. The summed E-state index contributed by atoms with van der Waals surface area (Å²) in [4.78, 5) is 18.1. The van der Waals surface area contributed by atoms with Crippen molar-refractivity contribution in [1.82, 2.24) is 10.3 Å². The normalized spacial score (nSPS) is 10.3. The highest BCUT2D eigenvalue weighted by molar-refractivity contribution is 5.94. The first-order valence-electron chi connectivity index (χ1n) is 7.61. The number of nitrogens with zero attached hydrogens (tertiary/aromatic N) is 2. The molecule has 1 aromatic carbocycles. The van der Waals surface area contributed by atoms with E-state index in [-0.39, 0.29) is 5.91 Å². The molecule has 1 N–H and O–H groups in total. The number of anilines is 1. The van der Waals surface area contributed by atoms with E-state index in [4.69, 9.17) is 0 Å². The molecule has 1 aromatic heterocycles. The average molecular weight is 297 g/mol. The van der Waals surface area contributed by atoms with E-state index in [0.29, 0.717) is 12.1 Å². The number of hydrogen-bond donors (Lipinski definition) is 1. The van der Waals surface area contributed by atoms with Crippen molar-refractivity contribution >= 4 is 11.6 Å². The van der Waals surface area contributed by atoms with Gasteiger partial charge in [-0.05, 0) is 55.2 Å². The fraction of sp³-hybridized carbons (Fsp3) is 0.333. The van der Waals surface area contributed by atoms with Gasteiger partial charge in [-0.2, -0.15) is 0 Å². The second kappa shape index (κ2) is 8.17. The van der Waals surface area contributed by atoms with Crippen molar-refractivity contribution in [3.63, 3.8) is 0 Å². The highest BCUT2D eigenvalue weighted by Crippen LogP contribution is 2.12. The lowest BCUT2D eigenvalue weighted by molar-refractivity contribution is 0.0953. The van der Waals surface area contributed by atoms with E-state index >= 15 is 0 Å². The quantitative estimate of drug-likeness (QED) is 0.799. The molecule has 0 saturated heterocycles. The van der Waals surface area contributed by atoms with Crippen molar-refractivity contribution in [1.29, 1.82) is 0 Å². The van der Waals surface area contributed by atoms with Crippen LogP contribution in [0.2, 0.25) is 0 Å². The maximum Gasteiger partial charge on any atom is 0.251 e. The molecule has 116 valence electrons. The van der Waals surface area contributed by atoms with Crippen LogP contribution in [0.5, 0.6) is 0 Å². The lowest BCUT2D eigenvalue weighted by atomic mass is 10.1. The van der Waals surface area contributed by atoms with Crippen molar-refractivity contribution in [3.05, 3.63) is 59.9 Å². The first kappa shape index (κ1) is 16.0. The zero-order valence-electron chi connectivity index (χ0n) is 13.2. The molecule has 2 rings (SSSR count). The number of carbonyl (C=O) groups excluding carboxylic acids is 1. The summed E-state index contributed by atoms with van der Waals surface area (Å²) < 4.78 is 0. The van der Waals surface area contributed by atoms with Gasteiger partial charge in [-0.25, -0.2) is 0 Å². The number of aromatic nitrogens is 1. The molecule has 1 amide bonds. The molecule has 0 aliphatic rings. The Balaban J connectivity index is 1.69. The van der Waals surface area contributed by atoms with Crippen molar-refractivity contribution in [3.8, 4) is 0 Å². The molecule has 0 aliphatic carbocycles. The fourth-order valence-electron chi connectivity index (χ4n) is 2.22. The molecule has 0 radical (unpaired) electrons. The average Bonchev–Trinajstić information content (AvgIpc) is 2.55. The topological polar surface area (TPSA) is 45.2 Å². The van der Waals surface area contributed by atoms with Crippen LogP contribution in [-0.2, 0) is 6.42 Å². The first-order chi connectivity index (χ1) is 10.7. The van der Waals surface area contributed by atoms with Gasteiger partial charge in [-0.3, -0.25) is 9.78 Å². The number of carbonyl (C=O) groups is 1. The van der Waals surface area contributed by atoms with Gasteiger partial charge in [0.15, 0.2) is 0 Å². The highest BCUT2D eigenvalue weighted by atomic mass is 16.1. The molecule has 22 heavy (non-hydrogen) atoms. The summed E-state index contributed by atoms with van der Waals surface area (Å²) in [5, 5.41) is 2.97. The molecular weight excluding hydrogens is 274 g/mol. The first-order valence-corrected chi connectivity index (χ1v) is 7.61. The van der Waals surface area contributed by atoms with Gasteiger partial charge in [0.2, 0.25) is 0 Å². The maximum atomic E-state index is 12.0. The number of aryl methyl sites for hydroxylation is 1. The Morgan fingerprint density at radius 2 is 1.91 bits per heavy atom. The smallest absolute Gasteiger partial charge is 0.251 e. The summed E-state index contributed by atoms with van der Waals surface area (Å²) in [7, 11) is 3.97. The van der Waals surface area contributed by atoms with Crippen LogP contribution in [0.3, 0.4) is 0 Å². The Morgan fingerprint density at radius 3 is 2.55 bits per heavy atom. The minimum Gasteiger partial charge on any atom is -0.378 e. The monoisotopic (exact) mass is 297 g/mol. The standard InChI is InChI=1S/C18H23N3O/c1-21(2)17-10-8-16(9-11-17)18(22)20-13-4-3-6-15-7-5-12-19-14-15/h5,7-12,14H,3-4,6,13H2,1-2H3,(H,20,22). The minimum atomic E-state index is -0.00770. The third-order valence-corrected chi connectivity index (χ3v) is 3.55. The van der Waals surface area contributed by atoms with Crippen molar-refractivity contribution in [2.75, 3.05) is 25.5 Å². The van der Waals surface area contributed by atoms with Crippen LogP contribution in [0.4, 0.5) is 5.69 Å². The van der Waals surface area contributed by atoms with Gasteiger partial charge >= 0.3 is 0 Å². The molecule has 4 heteroatoms. The molecule has 0 unspecified atom stereocenters. The third-order valence-electron chi connectivity index (χ3n) is 3.55. The Labute approximate surface area is 132 Å². The Bertz CT molecular complexity index is 579. The van der Waals surface area contributed by atoms with Crippen molar-refractivity contribution in [2.24, 2.45) is 0 Å². The largest absolute Gasteiger partial charge is 0.378 e. The van der Waals surface area contributed by atoms with E-state index in [2.05, 4.69) is 16.4 Å². The molecule has 0 atom stereocenters. The Morgan fingerprint density at radius 1 is 1.14 bits per heavy atom. The molecule has 0 saturated carbocycles. The number of benzene rings is 1. The Hall–Kier alpha value is -2.36. The molecule has 0 fully saturated rings. The summed E-state index contributed by atoms with van der Waals surface area (Å²) in [5.74, 6) is -0.00770. The van der Waals surface area contributed by atoms with E-state index in [1.165, 1.54) is 5.56 Å². The van der Waals surface area contributed by atoms with E-state index in [1.54, 1.807) is 6.20 Å². The van der Waals surface area contributed by atoms with Crippen LogP contribution in [-0.4, -0.2) is 31.5 Å². The molecular formula is C18H23N3O. The van der Waals surface area contributed by atoms with Gasteiger partial charge < -0.3 is 10.2 Å². The second-order valence-electron chi connectivity index (χ2n) is 5.52. The molecule has 0 spiro atoms. The van der Waals surface area contributed by atoms with Crippen LogP contribution < -0.4 is 10.2 Å². The molecule has 2 aromatic rings. The number of amides is 1. The van der Waals surface area contributed by atoms with Crippen LogP contribution in [0, 0.1) is 0 Å². The zero-order valence-corrected chi connectivity index (χ0v) is 13.2. The summed E-state index contributed by atoms with van der Waals surface area (Å²) in [6, 6.07) is 11.7. The van der Waals surface area contributed by atoms with Gasteiger partial charge in [-0.1, -0.05) is 6.07 Å². The lowest BCUT2D eigenvalue weighted by Gasteiger charge is -2.12. The van der Waals surface area contributed by atoms with Crippen molar-refractivity contribution in [2.45, 2.75) is 19.3 Å². The SMILES string of the molecule is CN(C)c1ccc(C(=O)NCCCCc2cccnc2)cc1. The van der Waals surface area contributed by atoms with Crippen LogP contribution in [0.25, 0.3) is 0 Å². The van der Waals surface area contributed by atoms with Crippen LogP contribution >= 0.6 is 0 Å². The van der Waals surface area contributed by atoms with Crippen molar-refractivity contribution < 1.29 is 4.79 Å². The van der Waals surface area contributed by atoms with E-state index < -0.39 is 0 Å². The zero-order chi connectivity index (χ0) is 15.8. The predicted molar refractivity (Wildman–Crippen MR) is 90.3 cm³/mol. The minimum absolute atomic E-state index is 0.00770. The number of hydrogen-bond acceptors (Lipinski definition) is 3. The third kappa shape index (κ3) is 4.88. The summed E-state index contributed by atoms with van der Waals surface area (Å²) in [5.41, 5.74) is 3.04. The number of nitrogens with one attached hydrogen (secondary N) is 1. The number of unbranched alkanes of at least 4 members (excludes halogenated alkanes) is 1. The molecule has 1 heterocycles. The van der Waals surface area contributed by atoms with Crippen LogP contribution in [0.15, 0.2) is 48.8 Å². The molecule has 4 nitrogen and oxygen atoms in total. The van der Waals surface area contributed by atoms with Gasteiger partial charge in [0, 0.05) is 44.3 Å². The van der Waals surface area contributed by atoms with Gasteiger partial charge in [0.1, 0.15) is 0 Å². The number of pyridine rings is 1. The van der Waals surface area contributed by atoms with Gasteiger partial charge in [-0.15, -0.1) is 0 Å². The second-order valence-corrected chi connectivity index (χ2v) is 5.52. The van der Waals surface area contributed by atoms with E-state index in [1.807, 2.05) is 55.5 Å². The molecule has 0 bridgehead atoms. The lowest BCUT2D eigenvalue weighted by Crippen LogP contribution is -2.24. The summed E-state index contributed by atoms with van der Waals surface area (Å²) >= 11 is 0. The van der Waals surface area contributed by atoms with E-state index in [9.17, 15) is 4.79 Å². The van der Waals surface area contributed by atoms with Gasteiger partial charge in [0.25, 0.3) is 5.91 Å². The van der Waals surface area contributed by atoms with E-state index in [0.717, 1.165) is 24.9 Å². The molecule has 0 aliphatic heterocycles. The highest BCUT2D eigenvalue weighted by Gasteiger charge is 2.05. The number of rotatable bonds is 7.